The first-order valence-corrected chi connectivity index (χ1v) is 15.5. The molecule has 0 spiro atoms. The second kappa shape index (κ2) is 11.3. The summed E-state index contributed by atoms with van der Waals surface area (Å²) in [5.41, 5.74) is -0.620. The number of allylic oxidation sites excluding steroid dienone is 2. The van der Waals surface area contributed by atoms with Crippen LogP contribution in [0, 0.1) is 46.3 Å². The zero-order chi connectivity index (χ0) is 28.9. The molecule has 4 aliphatic rings. The molecular formula is C31H45BrO7. The fraction of sp³-hybridized carbons (Fsp3) is 0.806. The predicted molar refractivity (Wildman–Crippen MR) is 150 cm³/mol. The molecule has 4 aliphatic carbocycles. The van der Waals surface area contributed by atoms with E-state index in [0.717, 1.165) is 12.8 Å². The third-order valence-electron chi connectivity index (χ3n) is 10.7. The molecule has 0 saturated heterocycles. The molecule has 7 nitrogen and oxygen atoms in total. The van der Waals surface area contributed by atoms with E-state index in [9.17, 15) is 19.2 Å². The van der Waals surface area contributed by atoms with Gasteiger partial charge in [0, 0.05) is 31.6 Å². The molecule has 218 valence electrons. The topological polar surface area (TPSA) is 96.0 Å². The van der Waals surface area contributed by atoms with Crippen molar-refractivity contribution in [3.8, 4) is 0 Å². The van der Waals surface area contributed by atoms with Crippen LogP contribution in [0.3, 0.4) is 0 Å². The van der Waals surface area contributed by atoms with Gasteiger partial charge in [0.25, 0.3) is 0 Å². The summed E-state index contributed by atoms with van der Waals surface area (Å²) in [6.45, 7) is 13.3. The van der Waals surface area contributed by atoms with Gasteiger partial charge in [0.2, 0.25) is 0 Å². The first-order valence-electron chi connectivity index (χ1n) is 14.6. The van der Waals surface area contributed by atoms with E-state index in [1.807, 2.05) is 13.8 Å². The van der Waals surface area contributed by atoms with Crippen molar-refractivity contribution in [3.63, 3.8) is 0 Å². The molecule has 0 aromatic rings. The Morgan fingerprint density at radius 3 is 2.28 bits per heavy atom. The fourth-order valence-corrected chi connectivity index (χ4v) is 10.0. The molecule has 0 N–H and O–H groups in total. The van der Waals surface area contributed by atoms with Crippen molar-refractivity contribution >= 4 is 39.6 Å². The van der Waals surface area contributed by atoms with Gasteiger partial charge in [0.1, 0.15) is 12.2 Å². The third-order valence-corrected chi connectivity index (χ3v) is 11.8. The summed E-state index contributed by atoms with van der Waals surface area (Å²) in [5, 5.41) is 0. The van der Waals surface area contributed by atoms with Crippen molar-refractivity contribution < 1.29 is 33.4 Å². The van der Waals surface area contributed by atoms with Crippen LogP contribution in [-0.4, -0.2) is 46.8 Å². The van der Waals surface area contributed by atoms with Crippen LogP contribution >= 0.6 is 15.9 Å². The zero-order valence-electron chi connectivity index (χ0n) is 24.4. The zero-order valence-corrected chi connectivity index (χ0v) is 26.0. The minimum atomic E-state index is -0.339. The molecular weight excluding hydrogens is 564 g/mol. The third kappa shape index (κ3) is 5.48. The van der Waals surface area contributed by atoms with Crippen LogP contribution in [0.1, 0.15) is 87.0 Å². The van der Waals surface area contributed by atoms with Crippen molar-refractivity contribution in [1.29, 1.82) is 0 Å². The normalized spacial score (nSPS) is 41.7. The van der Waals surface area contributed by atoms with E-state index in [1.165, 1.54) is 13.8 Å². The van der Waals surface area contributed by atoms with E-state index in [1.54, 1.807) is 6.08 Å². The molecule has 0 amide bonds. The summed E-state index contributed by atoms with van der Waals surface area (Å²) in [7, 11) is 0. The smallest absolute Gasteiger partial charge is 0.306 e. The Kier molecular flexibility index (Phi) is 8.76. The summed E-state index contributed by atoms with van der Waals surface area (Å²) in [5.74, 6) is 0.0729. The van der Waals surface area contributed by atoms with Crippen molar-refractivity contribution in [2.45, 2.75) is 110 Å². The van der Waals surface area contributed by atoms with E-state index in [-0.39, 0.29) is 93.2 Å². The van der Waals surface area contributed by atoms with Gasteiger partial charge in [-0.1, -0.05) is 42.8 Å². The molecule has 0 aromatic heterocycles. The minimum Gasteiger partial charge on any atom is -0.463 e. The molecule has 11 atom stereocenters. The van der Waals surface area contributed by atoms with Crippen LogP contribution in [0.4, 0.5) is 0 Å². The van der Waals surface area contributed by atoms with Gasteiger partial charge in [-0.25, -0.2) is 0 Å². The molecule has 0 bridgehead atoms. The summed E-state index contributed by atoms with van der Waals surface area (Å²) in [6, 6.07) is 0. The van der Waals surface area contributed by atoms with Crippen LogP contribution < -0.4 is 0 Å². The Balaban J connectivity index is 1.71. The molecule has 39 heavy (non-hydrogen) atoms. The average Bonchev–Trinajstić information content (AvgIpc) is 3.19. The summed E-state index contributed by atoms with van der Waals surface area (Å²) in [4.78, 5) is 49.4. The standard InChI is InChI=1S/C31H45BrO7/c1-16(2)37-27(36)11-8-17(3)20-9-10-21-28-22(15-26(31(20,21)7)39-19(5)34)30(6)13-12-24(35)29(32)23(30)14-25(28)38-18(4)33/h12-13,16-17,20-23,25-26,28-29H,8-11,14-15H2,1-7H3/t17-,20-,21+,22+,23-,25-,26+,28+,29-,30-,31-/m1/s1. The van der Waals surface area contributed by atoms with E-state index in [4.69, 9.17) is 14.2 Å². The number of ketones is 1. The highest BCUT2D eigenvalue weighted by Gasteiger charge is 2.68. The molecule has 3 fully saturated rings. The first kappa shape index (κ1) is 30.3. The molecule has 0 aliphatic heterocycles. The van der Waals surface area contributed by atoms with Gasteiger partial charge in [-0.05, 0) is 87.0 Å². The maximum Gasteiger partial charge on any atom is 0.306 e. The lowest BCUT2D eigenvalue weighted by Gasteiger charge is -2.63. The maximum atomic E-state index is 12.7. The van der Waals surface area contributed by atoms with Crippen molar-refractivity contribution in [3.05, 3.63) is 12.2 Å². The first-order chi connectivity index (χ1) is 18.2. The molecule has 0 unspecified atom stereocenters. The minimum absolute atomic E-state index is 0.0222. The highest BCUT2D eigenvalue weighted by Crippen LogP contribution is 2.68. The molecule has 4 rings (SSSR count). The van der Waals surface area contributed by atoms with Crippen molar-refractivity contribution in [1.82, 2.24) is 0 Å². The number of carbonyl (C=O) groups is 4. The van der Waals surface area contributed by atoms with Crippen LogP contribution in [0.25, 0.3) is 0 Å². The number of ether oxygens (including phenoxy) is 3. The summed E-state index contributed by atoms with van der Waals surface area (Å²) >= 11 is 3.67. The maximum absolute atomic E-state index is 12.7. The van der Waals surface area contributed by atoms with Crippen molar-refractivity contribution in [2.24, 2.45) is 46.3 Å². The number of halogens is 1. The average molecular weight is 610 g/mol. The Bertz CT molecular complexity index is 1020. The highest BCUT2D eigenvalue weighted by atomic mass is 79.9. The van der Waals surface area contributed by atoms with Gasteiger partial charge < -0.3 is 14.2 Å². The van der Waals surface area contributed by atoms with Gasteiger partial charge in [-0.3, -0.25) is 19.2 Å². The predicted octanol–water partition coefficient (Wildman–Crippen LogP) is 5.81. The Morgan fingerprint density at radius 1 is 1.00 bits per heavy atom. The summed E-state index contributed by atoms with van der Waals surface area (Å²) < 4.78 is 17.6. The van der Waals surface area contributed by atoms with E-state index >= 15 is 0 Å². The number of hydrogen-bond acceptors (Lipinski definition) is 7. The molecule has 0 heterocycles. The van der Waals surface area contributed by atoms with Gasteiger partial charge in [0.05, 0.1) is 10.9 Å². The lowest BCUT2D eigenvalue weighted by Crippen LogP contribution is -2.64. The quantitative estimate of drug-likeness (QED) is 0.204. The van der Waals surface area contributed by atoms with Crippen LogP contribution in [0.15, 0.2) is 12.2 Å². The van der Waals surface area contributed by atoms with Gasteiger partial charge in [-0.15, -0.1) is 0 Å². The lowest BCUT2D eigenvalue weighted by atomic mass is 9.44. The largest absolute Gasteiger partial charge is 0.463 e. The number of alkyl halides is 1. The van der Waals surface area contributed by atoms with Crippen LogP contribution in [0.2, 0.25) is 0 Å². The molecule has 8 heteroatoms. The SMILES string of the molecule is CC(=O)O[C@H]1C[C@H]2[C@@H]([C@H](OC(C)=O)C[C@@H]3[C@@H](Br)C(=O)C=C[C@@]32C)[C@@H]2CC[C@H]([C@H](C)CCC(=O)OC(C)C)[C@@]12C. The van der Waals surface area contributed by atoms with E-state index in [0.29, 0.717) is 25.7 Å². The van der Waals surface area contributed by atoms with E-state index in [2.05, 4.69) is 42.8 Å². The Labute approximate surface area is 241 Å². The Morgan fingerprint density at radius 2 is 1.67 bits per heavy atom. The summed E-state index contributed by atoms with van der Waals surface area (Å²) in [6.07, 6.45) is 7.28. The van der Waals surface area contributed by atoms with E-state index < -0.39 is 0 Å². The van der Waals surface area contributed by atoms with Crippen molar-refractivity contribution in [2.75, 3.05) is 0 Å². The number of carbonyl (C=O) groups excluding carboxylic acids is 4. The number of hydrogen-bond donors (Lipinski definition) is 0. The molecule has 0 radical (unpaired) electrons. The fourth-order valence-electron chi connectivity index (χ4n) is 9.10. The van der Waals surface area contributed by atoms with Gasteiger partial charge in [-0.2, -0.15) is 0 Å². The number of esters is 3. The van der Waals surface area contributed by atoms with Gasteiger partial charge >= 0.3 is 17.9 Å². The highest BCUT2D eigenvalue weighted by molar-refractivity contribution is 9.10. The van der Waals surface area contributed by atoms with Crippen LogP contribution in [-0.2, 0) is 33.4 Å². The van der Waals surface area contributed by atoms with Crippen LogP contribution in [0.5, 0.6) is 0 Å². The molecule has 3 saturated carbocycles. The number of fused-ring (bicyclic) bond motifs is 5. The van der Waals surface area contributed by atoms with Gasteiger partial charge in [0.15, 0.2) is 5.78 Å². The molecule has 0 aromatic carbocycles. The second-order valence-electron chi connectivity index (χ2n) is 13.2. The Hall–Kier alpha value is -1.70. The number of rotatable bonds is 7. The lowest BCUT2D eigenvalue weighted by molar-refractivity contribution is -0.209. The monoisotopic (exact) mass is 608 g/mol. The second-order valence-corrected chi connectivity index (χ2v) is 14.2.